The fourth-order valence-corrected chi connectivity index (χ4v) is 3.55. The van der Waals surface area contributed by atoms with Crippen LogP contribution in [0.3, 0.4) is 0 Å². The van der Waals surface area contributed by atoms with E-state index in [1.807, 2.05) is 22.6 Å². The molecule has 0 rings (SSSR count). The van der Waals surface area contributed by atoms with Gasteiger partial charge < -0.3 is 18.9 Å². The Kier molecular flexibility index (Phi) is 23.3. The molecule has 0 fully saturated rings. The van der Waals surface area contributed by atoms with Crippen LogP contribution in [0.1, 0.15) is 117 Å². The predicted octanol–water partition coefficient (Wildman–Crippen LogP) is 7.27. The molecule has 0 bridgehead atoms. The second kappa shape index (κ2) is 24.1. The maximum Gasteiger partial charge on any atom is 0.509 e. The number of halogens is 1. The molecule has 0 aromatic heterocycles. The molecule has 7 nitrogen and oxygen atoms in total. The highest BCUT2D eigenvalue weighted by Gasteiger charge is 2.20. The van der Waals surface area contributed by atoms with Gasteiger partial charge in [-0.1, -0.05) is 90.9 Å². The Morgan fingerprint density at radius 3 is 1.39 bits per heavy atom. The zero-order chi connectivity index (χ0) is 24.6. The summed E-state index contributed by atoms with van der Waals surface area (Å²) in [4.78, 5) is 35.6. The largest absolute Gasteiger partial charge is 0.509 e. The Labute approximate surface area is 214 Å². The van der Waals surface area contributed by atoms with E-state index in [0.29, 0.717) is 12.8 Å². The highest BCUT2D eigenvalue weighted by molar-refractivity contribution is 14.1. The Morgan fingerprint density at radius 1 is 0.606 bits per heavy atom. The molecule has 194 valence electrons. The van der Waals surface area contributed by atoms with E-state index in [1.165, 1.54) is 51.4 Å². The lowest BCUT2D eigenvalue weighted by Gasteiger charge is -2.17. The first-order valence-corrected chi connectivity index (χ1v) is 14.3. The molecule has 0 saturated carbocycles. The minimum absolute atomic E-state index is 0.138. The van der Waals surface area contributed by atoms with E-state index in [4.69, 9.17) is 18.9 Å². The summed E-state index contributed by atoms with van der Waals surface area (Å²) in [5.74, 6) is -0.678. The van der Waals surface area contributed by atoms with Crippen molar-refractivity contribution in [3.8, 4) is 0 Å². The molecule has 0 aliphatic carbocycles. The van der Waals surface area contributed by atoms with E-state index in [1.54, 1.807) is 0 Å². The van der Waals surface area contributed by atoms with Gasteiger partial charge in [-0.05, 0) is 35.4 Å². The fourth-order valence-electron chi connectivity index (χ4n) is 3.30. The molecular weight excluding hydrogens is 539 g/mol. The molecule has 0 N–H and O–H groups in total. The molecule has 0 amide bonds. The number of esters is 2. The zero-order valence-electron chi connectivity index (χ0n) is 20.7. The van der Waals surface area contributed by atoms with Gasteiger partial charge in [0.1, 0.15) is 17.8 Å². The van der Waals surface area contributed by atoms with Gasteiger partial charge in [-0.2, -0.15) is 0 Å². The van der Waals surface area contributed by atoms with E-state index < -0.39 is 12.3 Å². The van der Waals surface area contributed by atoms with Gasteiger partial charge in [0.05, 0.1) is 0 Å². The van der Waals surface area contributed by atoms with Crippen LogP contribution in [0.25, 0.3) is 0 Å². The van der Waals surface area contributed by atoms with Crippen LogP contribution in [0.2, 0.25) is 0 Å². The van der Waals surface area contributed by atoms with Crippen molar-refractivity contribution in [1.82, 2.24) is 0 Å². The van der Waals surface area contributed by atoms with Crippen LogP contribution >= 0.6 is 22.6 Å². The van der Waals surface area contributed by atoms with Crippen molar-refractivity contribution in [3.05, 3.63) is 0 Å². The van der Waals surface area contributed by atoms with Crippen LogP contribution in [-0.2, 0) is 28.5 Å². The van der Waals surface area contributed by atoms with Gasteiger partial charge in [0.25, 0.3) is 0 Å². The summed E-state index contributed by atoms with van der Waals surface area (Å²) in [5, 5.41) is 0. The second-order valence-corrected chi connectivity index (χ2v) is 8.97. The van der Waals surface area contributed by atoms with E-state index in [0.717, 1.165) is 38.5 Å². The van der Waals surface area contributed by atoms with Gasteiger partial charge in [0, 0.05) is 12.8 Å². The van der Waals surface area contributed by atoms with Crippen molar-refractivity contribution in [2.24, 2.45) is 0 Å². The SMILES string of the molecule is CCCCCCCCCC(=O)OCC(COC(=O)CCCCCCCCC)OC(=O)OCI. The molecule has 8 heteroatoms. The molecule has 0 heterocycles. The van der Waals surface area contributed by atoms with Crippen LogP contribution in [0.5, 0.6) is 0 Å². The van der Waals surface area contributed by atoms with Crippen molar-refractivity contribution in [3.63, 3.8) is 0 Å². The fraction of sp³-hybridized carbons (Fsp3) is 0.880. The molecule has 0 aromatic rings. The first-order valence-electron chi connectivity index (χ1n) is 12.7. The van der Waals surface area contributed by atoms with Crippen LogP contribution in [0, 0.1) is 0 Å². The van der Waals surface area contributed by atoms with Crippen molar-refractivity contribution in [2.45, 2.75) is 123 Å². The normalized spacial score (nSPS) is 10.8. The number of ether oxygens (including phenoxy) is 4. The number of alkyl halides is 1. The van der Waals surface area contributed by atoms with Crippen molar-refractivity contribution in [1.29, 1.82) is 0 Å². The van der Waals surface area contributed by atoms with E-state index >= 15 is 0 Å². The Bertz CT molecular complexity index is 465. The Morgan fingerprint density at radius 2 is 1.00 bits per heavy atom. The lowest BCUT2D eigenvalue weighted by Crippen LogP contribution is -2.31. The molecule has 0 saturated heterocycles. The number of hydrogen-bond donors (Lipinski definition) is 0. The molecule has 0 unspecified atom stereocenters. The summed E-state index contributed by atoms with van der Waals surface area (Å²) < 4.78 is 20.5. The quantitative estimate of drug-likeness (QED) is 0.0435. The van der Waals surface area contributed by atoms with Crippen molar-refractivity contribution >= 4 is 40.7 Å². The van der Waals surface area contributed by atoms with Gasteiger partial charge in [-0.25, -0.2) is 4.79 Å². The highest BCUT2D eigenvalue weighted by Crippen LogP contribution is 2.11. The zero-order valence-corrected chi connectivity index (χ0v) is 22.9. The summed E-state index contributed by atoms with van der Waals surface area (Å²) in [5.41, 5.74) is 0. The van der Waals surface area contributed by atoms with Gasteiger partial charge in [0.15, 0.2) is 6.10 Å². The van der Waals surface area contributed by atoms with Crippen LogP contribution in [-0.4, -0.2) is 42.0 Å². The lowest BCUT2D eigenvalue weighted by molar-refractivity contribution is -0.153. The van der Waals surface area contributed by atoms with E-state index in [2.05, 4.69) is 13.8 Å². The van der Waals surface area contributed by atoms with Crippen molar-refractivity contribution in [2.75, 3.05) is 17.8 Å². The molecule has 0 radical (unpaired) electrons. The summed E-state index contributed by atoms with van der Waals surface area (Å²) in [6.07, 6.45) is 14.5. The minimum atomic E-state index is -0.878. The average molecular weight is 585 g/mol. The van der Waals surface area contributed by atoms with E-state index in [9.17, 15) is 14.4 Å². The van der Waals surface area contributed by atoms with Crippen LogP contribution in [0.15, 0.2) is 0 Å². The maximum absolute atomic E-state index is 12.0. The van der Waals surface area contributed by atoms with Gasteiger partial charge in [-0.3, -0.25) is 9.59 Å². The number of hydrogen-bond acceptors (Lipinski definition) is 7. The number of carbonyl (C=O) groups excluding carboxylic acids is 3. The van der Waals surface area contributed by atoms with Gasteiger partial charge in [-0.15, -0.1) is 0 Å². The standard InChI is InChI=1S/C25H45IO7/c1-3-5-7-9-11-13-15-17-23(27)30-19-22(33-25(29)32-21-26)20-31-24(28)18-16-14-12-10-8-6-4-2/h22H,3-21H2,1-2H3. The summed E-state index contributed by atoms with van der Waals surface area (Å²) in [6, 6.07) is 0. The maximum atomic E-state index is 12.0. The summed E-state index contributed by atoms with van der Waals surface area (Å²) in [7, 11) is 0. The lowest BCUT2D eigenvalue weighted by atomic mass is 10.1. The Balaban J connectivity index is 4.13. The minimum Gasteiger partial charge on any atom is -0.462 e. The van der Waals surface area contributed by atoms with E-state index in [-0.39, 0.29) is 29.8 Å². The molecular formula is C25H45IO7. The Hall–Kier alpha value is -1.06. The molecule has 0 aliphatic heterocycles. The average Bonchev–Trinajstić information content (AvgIpc) is 2.79. The predicted molar refractivity (Wildman–Crippen MR) is 137 cm³/mol. The van der Waals surface area contributed by atoms with Crippen LogP contribution in [0.4, 0.5) is 4.79 Å². The molecule has 0 aromatic carbocycles. The monoisotopic (exact) mass is 584 g/mol. The number of carbonyl (C=O) groups is 3. The smallest absolute Gasteiger partial charge is 0.462 e. The molecule has 0 aliphatic rings. The van der Waals surface area contributed by atoms with Crippen molar-refractivity contribution < 1.29 is 33.3 Å². The third kappa shape index (κ3) is 22.5. The summed E-state index contributed by atoms with van der Waals surface area (Å²) >= 11 is 1.88. The molecule has 33 heavy (non-hydrogen) atoms. The third-order valence-corrected chi connectivity index (χ3v) is 5.58. The second-order valence-electron chi connectivity index (χ2n) is 8.35. The number of unbranched alkanes of at least 4 members (excludes halogenated alkanes) is 12. The topological polar surface area (TPSA) is 88.1 Å². The van der Waals surface area contributed by atoms with Gasteiger partial charge >= 0.3 is 18.1 Å². The number of rotatable bonds is 22. The van der Waals surface area contributed by atoms with Gasteiger partial charge in [0.2, 0.25) is 0 Å². The summed E-state index contributed by atoms with van der Waals surface area (Å²) in [6.45, 7) is 4.06. The highest BCUT2D eigenvalue weighted by atomic mass is 127. The third-order valence-electron chi connectivity index (χ3n) is 5.26. The molecule has 0 atom stereocenters. The first kappa shape index (κ1) is 31.9. The first-order chi connectivity index (χ1) is 16.0. The van der Waals surface area contributed by atoms with Crippen LogP contribution < -0.4 is 0 Å². The molecule has 0 spiro atoms.